The molecule has 3 aliphatic heterocycles. The van der Waals surface area contributed by atoms with Crippen molar-refractivity contribution >= 4 is 5.97 Å². The van der Waals surface area contributed by atoms with E-state index in [4.69, 9.17) is 33.2 Å². The van der Waals surface area contributed by atoms with Gasteiger partial charge in [-0.05, 0) is 117 Å². The predicted octanol–water partition coefficient (Wildman–Crippen LogP) is -0.485. The predicted molar refractivity (Wildman–Crippen MR) is 245 cm³/mol. The van der Waals surface area contributed by atoms with Crippen LogP contribution in [-0.2, 0) is 38.0 Å². The van der Waals surface area contributed by atoms with Gasteiger partial charge in [0.1, 0.15) is 79.9 Å². The minimum atomic E-state index is -1.87. The molecule has 0 spiro atoms. The number of hydrogen-bond acceptors (Lipinski definition) is 20. The van der Waals surface area contributed by atoms with E-state index >= 15 is 0 Å². The molecule has 70 heavy (non-hydrogen) atoms. The van der Waals surface area contributed by atoms with Crippen LogP contribution >= 0.6 is 0 Å². The molecule has 3 saturated heterocycles. The van der Waals surface area contributed by atoms with Gasteiger partial charge in [0.15, 0.2) is 18.9 Å². The van der Waals surface area contributed by atoms with Gasteiger partial charge in [0.25, 0.3) is 0 Å². The third-order valence-electron chi connectivity index (χ3n) is 19.0. The SMILES string of the molecule is CC(=O)OC[C@H]1O[C@@H](O[C@H]2[C@H](O[C@@](C)(CCC=C(C)C)[C@H]3CC[C@]4(C)[C@@H]3[C@H](O)C[C@@H]3[C@@]5(C)C[C@@H](O)[C@H](O[C@@H]6O[C@H](CO)[C@@H](O)[C@H](O)[C@H]6O)C(C)(C)[C@@H]5CC[C@]34C)O[C@H](CO)[C@@H](O)[C@@H]2O)[C@H](O)[C@@H](O)[C@@H]1O. The summed E-state index contributed by atoms with van der Waals surface area (Å²) in [6, 6.07) is 0. The fourth-order valence-electron chi connectivity index (χ4n) is 15.2. The summed E-state index contributed by atoms with van der Waals surface area (Å²) in [7, 11) is 0. The van der Waals surface area contributed by atoms with Gasteiger partial charge < -0.3 is 94.4 Å². The molecule has 7 fully saturated rings. The Bertz CT molecular complexity index is 1830. The lowest BCUT2D eigenvalue weighted by atomic mass is 9.35. The summed E-state index contributed by atoms with van der Waals surface area (Å²) in [6.07, 6.45) is -20.0. The van der Waals surface area contributed by atoms with Gasteiger partial charge >= 0.3 is 5.97 Å². The molecule has 0 bridgehead atoms. The lowest BCUT2D eigenvalue weighted by molar-refractivity contribution is -0.382. The average molecular weight is 1010 g/mol. The fraction of sp³-hybridized carbons (Fsp3) is 0.940. The number of hydrogen-bond donors (Lipinski definition) is 12. The van der Waals surface area contributed by atoms with E-state index in [0.29, 0.717) is 38.5 Å². The third kappa shape index (κ3) is 9.70. The molecule has 3 heterocycles. The lowest BCUT2D eigenvalue weighted by Gasteiger charge is -2.71. The van der Waals surface area contributed by atoms with Gasteiger partial charge in [-0.15, -0.1) is 0 Å². The highest BCUT2D eigenvalue weighted by molar-refractivity contribution is 5.65. The summed E-state index contributed by atoms with van der Waals surface area (Å²) >= 11 is 0. The summed E-state index contributed by atoms with van der Waals surface area (Å²) < 4.78 is 42.4. The third-order valence-corrected chi connectivity index (χ3v) is 19.0. The summed E-state index contributed by atoms with van der Waals surface area (Å²) in [5.74, 6) is -1.45. The second-order valence-electron chi connectivity index (χ2n) is 23.7. The minimum Gasteiger partial charge on any atom is -0.463 e. The quantitative estimate of drug-likeness (QED) is 0.0594. The Labute approximate surface area is 410 Å². The molecule has 7 rings (SSSR count). The van der Waals surface area contributed by atoms with Crippen LogP contribution in [0.15, 0.2) is 11.6 Å². The molecular weight excluding hydrogens is 921 g/mol. The Balaban J connectivity index is 1.17. The Morgan fingerprint density at radius 1 is 0.657 bits per heavy atom. The number of aliphatic hydroxyl groups excluding tert-OH is 12. The van der Waals surface area contributed by atoms with E-state index in [-0.39, 0.29) is 29.1 Å². The van der Waals surface area contributed by atoms with Crippen LogP contribution in [0.2, 0.25) is 0 Å². The molecule has 0 unspecified atom stereocenters. The van der Waals surface area contributed by atoms with Crippen LogP contribution in [0.4, 0.5) is 0 Å². The first-order valence-electron chi connectivity index (χ1n) is 25.4. The largest absolute Gasteiger partial charge is 0.463 e. The number of esters is 1. The Hall–Kier alpha value is -1.51. The minimum absolute atomic E-state index is 0.0341. The molecule has 4 aliphatic carbocycles. The maximum Gasteiger partial charge on any atom is 0.302 e. The van der Waals surface area contributed by atoms with Crippen molar-refractivity contribution in [2.75, 3.05) is 19.8 Å². The van der Waals surface area contributed by atoms with Gasteiger partial charge in [0, 0.05) is 6.92 Å². The van der Waals surface area contributed by atoms with Crippen LogP contribution in [0, 0.1) is 45.3 Å². The highest BCUT2D eigenvalue weighted by Crippen LogP contribution is 2.76. The van der Waals surface area contributed by atoms with E-state index < -0.39 is 158 Å². The molecule has 20 nitrogen and oxygen atoms in total. The zero-order chi connectivity index (χ0) is 51.8. The first-order chi connectivity index (χ1) is 32.6. The second kappa shape index (κ2) is 20.9. The Morgan fingerprint density at radius 3 is 1.79 bits per heavy atom. The molecule has 404 valence electrons. The summed E-state index contributed by atoms with van der Waals surface area (Å²) in [5.41, 5.74) is -2.13. The van der Waals surface area contributed by atoms with Gasteiger partial charge in [-0.3, -0.25) is 4.79 Å². The summed E-state index contributed by atoms with van der Waals surface area (Å²) in [5, 5.41) is 132. The highest BCUT2D eigenvalue weighted by Gasteiger charge is 2.73. The van der Waals surface area contributed by atoms with Crippen molar-refractivity contribution in [3.8, 4) is 0 Å². The number of rotatable bonds is 14. The summed E-state index contributed by atoms with van der Waals surface area (Å²) in [4.78, 5) is 11.6. The smallest absolute Gasteiger partial charge is 0.302 e. The number of carbonyl (C=O) groups is 1. The van der Waals surface area contributed by atoms with Crippen molar-refractivity contribution in [1.29, 1.82) is 0 Å². The summed E-state index contributed by atoms with van der Waals surface area (Å²) in [6.45, 7) is 16.0. The van der Waals surface area contributed by atoms with Gasteiger partial charge in [0.05, 0.1) is 37.1 Å². The maximum absolute atomic E-state index is 12.8. The van der Waals surface area contributed by atoms with Crippen molar-refractivity contribution in [3.63, 3.8) is 0 Å². The lowest BCUT2D eigenvalue weighted by Crippen LogP contribution is -2.69. The van der Waals surface area contributed by atoms with E-state index in [2.05, 4.69) is 26.8 Å². The van der Waals surface area contributed by atoms with Crippen molar-refractivity contribution < 1.29 is 99.2 Å². The zero-order valence-electron chi connectivity index (χ0n) is 42.2. The molecule has 20 heteroatoms. The fourth-order valence-corrected chi connectivity index (χ4v) is 15.2. The van der Waals surface area contributed by atoms with Crippen molar-refractivity contribution in [1.82, 2.24) is 0 Å². The number of aliphatic hydroxyl groups is 12. The van der Waals surface area contributed by atoms with Crippen LogP contribution in [0.5, 0.6) is 0 Å². The molecule has 0 amide bonds. The maximum atomic E-state index is 12.8. The van der Waals surface area contributed by atoms with E-state index in [9.17, 15) is 66.1 Å². The zero-order valence-corrected chi connectivity index (χ0v) is 42.2. The Morgan fingerprint density at radius 2 is 1.20 bits per heavy atom. The average Bonchev–Trinajstić information content (AvgIpc) is 3.68. The van der Waals surface area contributed by atoms with Crippen LogP contribution in [0.25, 0.3) is 0 Å². The van der Waals surface area contributed by atoms with E-state index in [1.165, 1.54) is 0 Å². The van der Waals surface area contributed by atoms with Crippen molar-refractivity contribution in [2.24, 2.45) is 45.3 Å². The standard InChI is InChI=1S/C50H84O20/c1-22(2)11-10-14-50(9,70-45-41(38(61)34(57)28(20-52)66-45)68-43-39(62)37(60)35(58)29(67-43)21-64-23(3)53)24-12-15-49(8)32(24)25(54)17-31-47(6)18-26(55)42(46(4,5)30(47)13-16-48(31,49)7)69-44-40(63)36(59)33(56)27(19-51)65-44/h11,24-45,51-52,54-63H,10,12-21H2,1-9H3/t24-,25+,26+,27+,28+,29+,30-,31+,32-,33+,34+,35+,36-,37-,38-,39+,40+,41+,42-,43-,44-,45-,47-,48+,49+,50-/m0/s1. The number of carbonyl (C=O) groups excluding carboxylic acids is 1. The Kier molecular flexibility index (Phi) is 16.8. The van der Waals surface area contributed by atoms with Crippen LogP contribution < -0.4 is 0 Å². The van der Waals surface area contributed by atoms with Gasteiger partial charge in [0.2, 0.25) is 0 Å². The molecular formula is C50H84O20. The van der Waals surface area contributed by atoms with Gasteiger partial charge in [-0.25, -0.2) is 0 Å². The first kappa shape index (κ1) is 56.2. The topological polar surface area (TPSA) is 324 Å². The van der Waals surface area contributed by atoms with Gasteiger partial charge in [-0.2, -0.15) is 0 Å². The number of allylic oxidation sites excluding steroid dienone is 2. The van der Waals surface area contributed by atoms with E-state index in [1.54, 1.807) is 0 Å². The van der Waals surface area contributed by atoms with Crippen molar-refractivity contribution in [2.45, 2.75) is 230 Å². The highest BCUT2D eigenvalue weighted by atomic mass is 16.8. The number of ether oxygens (including phenoxy) is 7. The van der Waals surface area contributed by atoms with E-state index in [0.717, 1.165) is 25.3 Å². The number of fused-ring (bicyclic) bond motifs is 5. The molecule has 0 aromatic carbocycles. The van der Waals surface area contributed by atoms with Crippen molar-refractivity contribution in [3.05, 3.63) is 11.6 Å². The van der Waals surface area contributed by atoms with E-state index in [1.807, 2.05) is 34.6 Å². The van der Waals surface area contributed by atoms with Crippen LogP contribution in [0.3, 0.4) is 0 Å². The molecule has 0 radical (unpaired) electrons. The molecule has 0 aromatic rings. The normalized spacial score (nSPS) is 51.0. The molecule has 26 atom stereocenters. The molecule has 7 aliphatic rings. The molecule has 12 N–H and O–H groups in total. The second-order valence-corrected chi connectivity index (χ2v) is 23.7. The monoisotopic (exact) mass is 1000 g/mol. The molecule has 0 aromatic heterocycles. The van der Waals surface area contributed by atoms with Gasteiger partial charge in [-0.1, -0.05) is 46.3 Å². The van der Waals surface area contributed by atoms with Crippen LogP contribution in [-0.4, -0.2) is 203 Å². The molecule has 4 saturated carbocycles. The first-order valence-corrected chi connectivity index (χ1v) is 25.4. The van der Waals surface area contributed by atoms with Crippen LogP contribution in [0.1, 0.15) is 114 Å².